The molecule has 2 nitrogen and oxygen atoms in total. The Kier molecular flexibility index (Phi) is 2.67. The highest BCUT2D eigenvalue weighted by atomic mass is 35.5. The molecule has 3 aliphatic rings. The van der Waals surface area contributed by atoms with Gasteiger partial charge in [0.2, 0.25) is 0 Å². The third-order valence-electron chi connectivity index (χ3n) is 3.61. The van der Waals surface area contributed by atoms with E-state index in [-0.39, 0.29) is 5.92 Å². The average Bonchev–Trinajstić information content (AvgIpc) is 2.34. The predicted molar refractivity (Wildman–Crippen MR) is 68.7 cm³/mol. The van der Waals surface area contributed by atoms with Crippen molar-refractivity contribution in [2.75, 3.05) is 13.1 Å². The molecule has 0 amide bonds. The molecule has 0 saturated carbocycles. The fraction of sp³-hybridized carbons (Fsp3) is 0.357. The summed E-state index contributed by atoms with van der Waals surface area (Å²) in [5.74, 6) is 0.563. The number of ketones is 1. The molecule has 1 aromatic rings. The van der Waals surface area contributed by atoms with Crippen molar-refractivity contribution in [3.8, 4) is 0 Å². The molecule has 3 aliphatic heterocycles. The zero-order valence-electron chi connectivity index (χ0n) is 9.53. The largest absolute Gasteiger partial charge is 0.369 e. The Morgan fingerprint density at radius 2 is 2.06 bits per heavy atom. The third-order valence-corrected chi connectivity index (χ3v) is 3.85. The SMILES string of the molecule is O=C1/C(=C\c2cccc(Cl)c2)N2CCC1CC2. The van der Waals surface area contributed by atoms with Crippen molar-refractivity contribution in [1.29, 1.82) is 0 Å². The van der Waals surface area contributed by atoms with E-state index >= 15 is 0 Å². The quantitative estimate of drug-likeness (QED) is 0.711. The normalized spacial score (nSPS) is 22.5. The molecule has 3 fully saturated rings. The van der Waals surface area contributed by atoms with Crippen LogP contribution in [0.3, 0.4) is 0 Å². The fourth-order valence-electron chi connectivity index (χ4n) is 2.66. The lowest BCUT2D eigenvalue weighted by molar-refractivity contribution is -0.125. The first-order valence-electron chi connectivity index (χ1n) is 6.00. The molecule has 0 aliphatic carbocycles. The van der Waals surface area contributed by atoms with Crippen LogP contribution in [0, 0.1) is 5.92 Å². The second kappa shape index (κ2) is 4.19. The van der Waals surface area contributed by atoms with E-state index in [0.29, 0.717) is 10.8 Å². The molecule has 1 aromatic carbocycles. The van der Waals surface area contributed by atoms with Crippen LogP contribution in [-0.4, -0.2) is 23.8 Å². The van der Waals surface area contributed by atoms with E-state index in [9.17, 15) is 4.79 Å². The molecule has 88 valence electrons. The summed E-state index contributed by atoms with van der Waals surface area (Å²) in [6.45, 7) is 2.03. The summed E-state index contributed by atoms with van der Waals surface area (Å²) in [7, 11) is 0. The lowest BCUT2D eigenvalue weighted by Crippen LogP contribution is -2.45. The van der Waals surface area contributed by atoms with Gasteiger partial charge in [-0.1, -0.05) is 23.7 Å². The van der Waals surface area contributed by atoms with Gasteiger partial charge in [0.15, 0.2) is 5.78 Å². The minimum absolute atomic E-state index is 0.255. The van der Waals surface area contributed by atoms with Crippen molar-refractivity contribution in [2.24, 2.45) is 5.92 Å². The lowest BCUT2D eigenvalue weighted by atomic mass is 9.84. The van der Waals surface area contributed by atoms with Crippen molar-refractivity contribution >= 4 is 23.5 Å². The van der Waals surface area contributed by atoms with Crippen LogP contribution in [0.2, 0.25) is 5.02 Å². The van der Waals surface area contributed by atoms with Crippen molar-refractivity contribution in [1.82, 2.24) is 4.90 Å². The number of fused-ring (bicyclic) bond motifs is 3. The number of hydrogen-bond donors (Lipinski definition) is 0. The zero-order valence-corrected chi connectivity index (χ0v) is 10.3. The summed E-state index contributed by atoms with van der Waals surface area (Å²) in [5.41, 5.74) is 1.88. The van der Waals surface area contributed by atoms with Crippen molar-refractivity contribution in [3.05, 3.63) is 40.5 Å². The van der Waals surface area contributed by atoms with Crippen molar-refractivity contribution < 1.29 is 4.79 Å². The maximum atomic E-state index is 12.1. The molecule has 0 spiro atoms. The first-order chi connectivity index (χ1) is 8.24. The van der Waals surface area contributed by atoms with Gasteiger partial charge in [-0.3, -0.25) is 4.79 Å². The van der Waals surface area contributed by atoms with Gasteiger partial charge in [-0.25, -0.2) is 0 Å². The first kappa shape index (κ1) is 10.8. The number of hydrogen-bond acceptors (Lipinski definition) is 2. The molecule has 4 rings (SSSR count). The van der Waals surface area contributed by atoms with Gasteiger partial charge in [0.05, 0.1) is 5.70 Å². The number of carbonyl (C=O) groups is 1. The molecule has 3 heterocycles. The molecular formula is C14H14ClNO. The van der Waals surface area contributed by atoms with E-state index in [0.717, 1.165) is 37.2 Å². The van der Waals surface area contributed by atoms with Gasteiger partial charge < -0.3 is 4.90 Å². The van der Waals surface area contributed by atoms with E-state index in [1.807, 2.05) is 30.3 Å². The first-order valence-corrected chi connectivity index (χ1v) is 6.38. The van der Waals surface area contributed by atoms with E-state index < -0.39 is 0 Å². The van der Waals surface area contributed by atoms with Gasteiger partial charge in [0.25, 0.3) is 0 Å². The molecule has 0 N–H and O–H groups in total. The molecule has 0 atom stereocenters. The number of piperidine rings is 3. The van der Waals surface area contributed by atoms with Crippen LogP contribution in [0.4, 0.5) is 0 Å². The zero-order chi connectivity index (χ0) is 11.8. The number of rotatable bonds is 1. The second-order valence-corrected chi connectivity index (χ2v) is 5.15. The second-order valence-electron chi connectivity index (χ2n) is 4.71. The maximum absolute atomic E-state index is 12.1. The smallest absolute Gasteiger partial charge is 0.182 e. The number of Topliss-reactive ketones (excluding diaryl/α,β-unsaturated/α-hetero) is 1. The van der Waals surface area contributed by atoms with Crippen LogP contribution >= 0.6 is 11.6 Å². The van der Waals surface area contributed by atoms with Crippen LogP contribution in [0.1, 0.15) is 18.4 Å². The minimum atomic E-state index is 0.255. The monoisotopic (exact) mass is 247 g/mol. The maximum Gasteiger partial charge on any atom is 0.182 e. The molecule has 3 saturated heterocycles. The standard InChI is InChI=1S/C14H14ClNO/c15-12-3-1-2-10(8-12)9-13-14(17)11-4-6-16(13)7-5-11/h1-3,8-9,11H,4-7H2/b13-9+. The summed E-state index contributed by atoms with van der Waals surface area (Å²) < 4.78 is 0. The molecule has 2 bridgehead atoms. The number of nitrogens with zero attached hydrogens (tertiary/aromatic N) is 1. The number of carbonyl (C=O) groups excluding carboxylic acids is 1. The van der Waals surface area contributed by atoms with Gasteiger partial charge in [-0.15, -0.1) is 0 Å². The summed E-state index contributed by atoms with van der Waals surface area (Å²) in [5, 5.41) is 0.711. The molecular weight excluding hydrogens is 234 g/mol. The summed E-state index contributed by atoms with van der Waals surface area (Å²) in [4.78, 5) is 14.3. The minimum Gasteiger partial charge on any atom is -0.369 e. The van der Waals surface area contributed by atoms with Crippen LogP contribution in [-0.2, 0) is 4.79 Å². The average molecular weight is 248 g/mol. The van der Waals surface area contributed by atoms with Crippen LogP contribution < -0.4 is 0 Å². The summed E-state index contributed by atoms with van der Waals surface area (Å²) in [6.07, 6.45) is 4.01. The van der Waals surface area contributed by atoms with Crippen molar-refractivity contribution in [2.45, 2.75) is 12.8 Å². The van der Waals surface area contributed by atoms with Gasteiger partial charge in [0.1, 0.15) is 0 Å². The highest BCUT2D eigenvalue weighted by Crippen LogP contribution is 2.32. The van der Waals surface area contributed by atoms with E-state index in [1.54, 1.807) is 0 Å². The number of benzene rings is 1. The van der Waals surface area contributed by atoms with Gasteiger partial charge in [-0.05, 0) is 36.6 Å². The highest BCUT2D eigenvalue weighted by molar-refractivity contribution is 6.30. The van der Waals surface area contributed by atoms with Crippen LogP contribution in [0.25, 0.3) is 6.08 Å². The Bertz CT molecular complexity index is 487. The highest BCUT2D eigenvalue weighted by Gasteiger charge is 2.36. The third kappa shape index (κ3) is 1.98. The molecule has 3 heteroatoms. The van der Waals surface area contributed by atoms with Crippen LogP contribution in [0.5, 0.6) is 0 Å². The Morgan fingerprint density at radius 1 is 1.29 bits per heavy atom. The lowest BCUT2D eigenvalue weighted by Gasteiger charge is -2.41. The van der Waals surface area contributed by atoms with Gasteiger partial charge in [0, 0.05) is 24.0 Å². The topological polar surface area (TPSA) is 20.3 Å². The number of allylic oxidation sites excluding steroid dienone is 1. The molecule has 0 aromatic heterocycles. The molecule has 17 heavy (non-hydrogen) atoms. The van der Waals surface area contributed by atoms with E-state index in [2.05, 4.69) is 4.90 Å². The van der Waals surface area contributed by atoms with Gasteiger partial charge >= 0.3 is 0 Å². The number of halogens is 1. The fourth-order valence-corrected chi connectivity index (χ4v) is 2.86. The van der Waals surface area contributed by atoms with Gasteiger partial charge in [-0.2, -0.15) is 0 Å². The summed E-state index contributed by atoms with van der Waals surface area (Å²) in [6, 6.07) is 7.63. The summed E-state index contributed by atoms with van der Waals surface area (Å²) >= 11 is 5.95. The van der Waals surface area contributed by atoms with E-state index in [4.69, 9.17) is 11.6 Å². The van der Waals surface area contributed by atoms with Crippen LogP contribution in [0.15, 0.2) is 30.0 Å². The predicted octanol–water partition coefficient (Wildman–Crippen LogP) is 2.98. The van der Waals surface area contributed by atoms with E-state index in [1.165, 1.54) is 0 Å². The van der Waals surface area contributed by atoms with Crippen molar-refractivity contribution in [3.63, 3.8) is 0 Å². The Labute approximate surface area is 106 Å². The molecule has 0 radical (unpaired) electrons. The Morgan fingerprint density at radius 3 is 2.71 bits per heavy atom. The molecule has 0 unspecified atom stereocenters. The Hall–Kier alpha value is -1.28. The Balaban J connectivity index is 1.95.